The molecule has 4 nitrogen and oxygen atoms in total. The van der Waals surface area contributed by atoms with Gasteiger partial charge in [0.15, 0.2) is 0 Å². The normalized spacial score (nSPS) is 12.4. The van der Waals surface area contributed by atoms with E-state index < -0.39 is 0 Å². The van der Waals surface area contributed by atoms with Gasteiger partial charge < -0.3 is 11.1 Å². The molecule has 0 fully saturated rings. The van der Waals surface area contributed by atoms with Crippen LogP contribution in [-0.4, -0.2) is 22.4 Å². The molecule has 0 amide bonds. The van der Waals surface area contributed by atoms with Gasteiger partial charge in [-0.25, -0.2) is 4.68 Å². The lowest BCUT2D eigenvalue weighted by molar-refractivity contribution is 0.803. The molecule has 1 aromatic carbocycles. The largest absolute Gasteiger partial charge is 0.381 e. The van der Waals surface area contributed by atoms with Gasteiger partial charge in [-0.05, 0) is 31.2 Å². The molecule has 3 N–H and O–H groups in total. The molecule has 1 atom stereocenters. The fourth-order valence-electron chi connectivity index (χ4n) is 1.50. The SMILES string of the molecule is CC(CN)Nc1cccc(-n2cccn2)c1. The second-order valence-electron chi connectivity index (χ2n) is 3.78. The van der Waals surface area contributed by atoms with Crippen LogP contribution in [-0.2, 0) is 0 Å². The number of hydrogen-bond donors (Lipinski definition) is 2. The third-order valence-electron chi connectivity index (χ3n) is 2.38. The van der Waals surface area contributed by atoms with Crippen molar-refractivity contribution in [1.29, 1.82) is 0 Å². The number of nitrogens with two attached hydrogens (primary N) is 1. The number of hydrogen-bond acceptors (Lipinski definition) is 3. The summed E-state index contributed by atoms with van der Waals surface area (Å²) in [6.45, 7) is 2.67. The van der Waals surface area contributed by atoms with Gasteiger partial charge in [-0.2, -0.15) is 5.10 Å². The van der Waals surface area contributed by atoms with E-state index in [2.05, 4.69) is 23.4 Å². The summed E-state index contributed by atoms with van der Waals surface area (Å²) in [4.78, 5) is 0. The third-order valence-corrected chi connectivity index (χ3v) is 2.38. The van der Waals surface area contributed by atoms with Gasteiger partial charge in [0, 0.05) is 30.7 Å². The minimum absolute atomic E-state index is 0.271. The predicted octanol–water partition coefficient (Wildman–Crippen LogP) is 1.63. The Morgan fingerprint density at radius 3 is 3.00 bits per heavy atom. The summed E-state index contributed by atoms with van der Waals surface area (Å²) in [5.74, 6) is 0. The first-order valence-corrected chi connectivity index (χ1v) is 5.36. The number of nitrogens with zero attached hydrogens (tertiary/aromatic N) is 2. The highest BCUT2D eigenvalue weighted by Gasteiger charge is 2.01. The van der Waals surface area contributed by atoms with Crippen molar-refractivity contribution in [3.05, 3.63) is 42.7 Å². The minimum Gasteiger partial charge on any atom is -0.381 e. The Morgan fingerprint density at radius 2 is 2.31 bits per heavy atom. The number of rotatable bonds is 4. The zero-order valence-electron chi connectivity index (χ0n) is 9.30. The van der Waals surface area contributed by atoms with Crippen LogP contribution in [0.1, 0.15) is 6.92 Å². The highest BCUT2D eigenvalue weighted by Crippen LogP contribution is 2.14. The topological polar surface area (TPSA) is 55.9 Å². The standard InChI is InChI=1S/C12H16N4/c1-10(9-13)15-11-4-2-5-12(8-11)16-7-3-6-14-16/h2-8,10,15H,9,13H2,1H3. The molecule has 0 radical (unpaired) electrons. The molecule has 0 aliphatic carbocycles. The predicted molar refractivity (Wildman–Crippen MR) is 65.7 cm³/mol. The van der Waals surface area contributed by atoms with Crippen LogP contribution in [0.3, 0.4) is 0 Å². The van der Waals surface area contributed by atoms with Crippen molar-refractivity contribution in [2.45, 2.75) is 13.0 Å². The Bertz CT molecular complexity index is 436. The summed E-state index contributed by atoms with van der Waals surface area (Å²) in [6, 6.07) is 10.3. The van der Waals surface area contributed by atoms with Gasteiger partial charge in [0.05, 0.1) is 5.69 Å². The van der Waals surface area contributed by atoms with E-state index >= 15 is 0 Å². The number of aromatic nitrogens is 2. The molecule has 0 saturated heterocycles. The molecule has 0 spiro atoms. The molecule has 1 aromatic heterocycles. The van der Waals surface area contributed by atoms with Crippen LogP contribution < -0.4 is 11.1 Å². The van der Waals surface area contributed by atoms with Gasteiger partial charge in [0.2, 0.25) is 0 Å². The maximum Gasteiger partial charge on any atom is 0.0666 e. The Kier molecular flexibility index (Phi) is 3.22. The lowest BCUT2D eigenvalue weighted by atomic mass is 10.2. The van der Waals surface area contributed by atoms with Crippen molar-refractivity contribution >= 4 is 5.69 Å². The smallest absolute Gasteiger partial charge is 0.0666 e. The van der Waals surface area contributed by atoms with E-state index in [0.717, 1.165) is 11.4 Å². The van der Waals surface area contributed by atoms with Crippen molar-refractivity contribution in [1.82, 2.24) is 9.78 Å². The highest BCUT2D eigenvalue weighted by molar-refractivity contribution is 5.51. The van der Waals surface area contributed by atoms with Crippen molar-refractivity contribution < 1.29 is 0 Å². The van der Waals surface area contributed by atoms with Crippen molar-refractivity contribution in [2.75, 3.05) is 11.9 Å². The van der Waals surface area contributed by atoms with E-state index in [0.29, 0.717) is 6.54 Å². The van der Waals surface area contributed by atoms with E-state index in [1.165, 1.54) is 0 Å². The van der Waals surface area contributed by atoms with Gasteiger partial charge in [0.1, 0.15) is 0 Å². The minimum atomic E-state index is 0.271. The summed E-state index contributed by atoms with van der Waals surface area (Å²) in [5.41, 5.74) is 7.67. The maximum absolute atomic E-state index is 5.57. The second-order valence-corrected chi connectivity index (χ2v) is 3.78. The van der Waals surface area contributed by atoms with Crippen LogP contribution in [0.5, 0.6) is 0 Å². The van der Waals surface area contributed by atoms with Gasteiger partial charge in [-0.15, -0.1) is 0 Å². The Morgan fingerprint density at radius 1 is 1.44 bits per heavy atom. The van der Waals surface area contributed by atoms with Crippen LogP contribution >= 0.6 is 0 Å². The van der Waals surface area contributed by atoms with E-state index in [4.69, 9.17) is 5.73 Å². The summed E-state index contributed by atoms with van der Waals surface area (Å²) >= 11 is 0. The van der Waals surface area contributed by atoms with Crippen LogP contribution in [0, 0.1) is 0 Å². The fraction of sp³-hybridized carbons (Fsp3) is 0.250. The van der Waals surface area contributed by atoms with Crippen LogP contribution in [0.25, 0.3) is 5.69 Å². The Hall–Kier alpha value is -1.81. The van der Waals surface area contributed by atoms with Gasteiger partial charge >= 0.3 is 0 Å². The first kappa shape index (κ1) is 10.7. The third kappa shape index (κ3) is 2.41. The zero-order chi connectivity index (χ0) is 11.4. The number of benzene rings is 1. The van der Waals surface area contributed by atoms with Crippen LogP contribution in [0.2, 0.25) is 0 Å². The highest BCUT2D eigenvalue weighted by atomic mass is 15.3. The van der Waals surface area contributed by atoms with Crippen molar-refractivity contribution in [2.24, 2.45) is 5.73 Å². The average Bonchev–Trinajstić information content (AvgIpc) is 2.83. The quantitative estimate of drug-likeness (QED) is 0.816. The first-order chi connectivity index (χ1) is 7.79. The van der Waals surface area contributed by atoms with Crippen molar-refractivity contribution in [3.8, 4) is 5.69 Å². The van der Waals surface area contributed by atoms with E-state index in [9.17, 15) is 0 Å². The van der Waals surface area contributed by atoms with E-state index in [-0.39, 0.29) is 6.04 Å². The molecule has 0 saturated carbocycles. The van der Waals surface area contributed by atoms with Gasteiger partial charge in [-0.1, -0.05) is 6.07 Å². The van der Waals surface area contributed by atoms with Crippen molar-refractivity contribution in [3.63, 3.8) is 0 Å². The molecule has 1 heterocycles. The monoisotopic (exact) mass is 216 g/mol. The molecule has 2 aromatic rings. The zero-order valence-corrected chi connectivity index (χ0v) is 9.30. The molecule has 0 aliphatic rings. The second kappa shape index (κ2) is 4.81. The van der Waals surface area contributed by atoms with E-state index in [1.807, 2.05) is 35.1 Å². The lowest BCUT2D eigenvalue weighted by Crippen LogP contribution is -2.25. The first-order valence-electron chi connectivity index (χ1n) is 5.36. The van der Waals surface area contributed by atoms with Crippen LogP contribution in [0.4, 0.5) is 5.69 Å². The number of nitrogens with one attached hydrogen (secondary N) is 1. The van der Waals surface area contributed by atoms with Gasteiger partial charge in [-0.3, -0.25) is 0 Å². The molecular weight excluding hydrogens is 200 g/mol. The van der Waals surface area contributed by atoms with E-state index in [1.54, 1.807) is 6.20 Å². The Balaban J connectivity index is 2.20. The molecule has 84 valence electrons. The molecule has 0 aliphatic heterocycles. The molecular formula is C12H16N4. The molecule has 0 bridgehead atoms. The summed E-state index contributed by atoms with van der Waals surface area (Å²) in [6.07, 6.45) is 3.69. The maximum atomic E-state index is 5.57. The molecule has 16 heavy (non-hydrogen) atoms. The average molecular weight is 216 g/mol. The summed E-state index contributed by atoms with van der Waals surface area (Å²) in [5, 5.41) is 7.52. The lowest BCUT2D eigenvalue weighted by Gasteiger charge is -2.13. The molecule has 4 heteroatoms. The Labute approximate surface area is 95.1 Å². The number of anilines is 1. The molecule has 2 rings (SSSR count). The summed E-state index contributed by atoms with van der Waals surface area (Å²) < 4.78 is 1.83. The van der Waals surface area contributed by atoms with Crippen LogP contribution in [0.15, 0.2) is 42.7 Å². The van der Waals surface area contributed by atoms with Gasteiger partial charge in [0.25, 0.3) is 0 Å². The molecule has 1 unspecified atom stereocenters. The summed E-state index contributed by atoms with van der Waals surface area (Å²) in [7, 11) is 0. The fourth-order valence-corrected chi connectivity index (χ4v) is 1.50.